The summed E-state index contributed by atoms with van der Waals surface area (Å²) in [5.74, 6) is -0.358. The summed E-state index contributed by atoms with van der Waals surface area (Å²) in [6.45, 7) is 6.52. The number of nitriles is 1. The minimum absolute atomic E-state index is 0.0465. The molecule has 2 rings (SSSR count). The van der Waals surface area contributed by atoms with E-state index in [1.54, 1.807) is 4.90 Å². The van der Waals surface area contributed by atoms with Gasteiger partial charge in [0.2, 0.25) is 11.8 Å². The molecule has 0 aliphatic rings. The standard InChI is InChI=1S/C25H31ClN4O2/c1-3-29(4-2)23(21-13-8-9-14-22(21)26)19-28-24(31)15-16-25(32)30(18-10-17-27)20-11-6-5-7-12-20/h5-9,11-14,23H,3-4,10,15-16,18-19H2,1-2H3,(H,28,31). The zero-order chi connectivity index (χ0) is 23.3. The van der Waals surface area contributed by atoms with Crippen LogP contribution >= 0.6 is 11.6 Å². The maximum absolute atomic E-state index is 12.8. The minimum Gasteiger partial charge on any atom is -0.354 e. The van der Waals surface area contributed by atoms with Gasteiger partial charge in [0, 0.05) is 36.6 Å². The van der Waals surface area contributed by atoms with Gasteiger partial charge in [-0.3, -0.25) is 14.5 Å². The van der Waals surface area contributed by atoms with Crippen LogP contribution in [0.1, 0.15) is 44.7 Å². The third-order valence-corrected chi connectivity index (χ3v) is 5.74. The molecule has 0 aliphatic carbocycles. The summed E-state index contributed by atoms with van der Waals surface area (Å²) in [7, 11) is 0. The van der Waals surface area contributed by atoms with Crippen LogP contribution in [0, 0.1) is 11.3 Å². The van der Waals surface area contributed by atoms with Gasteiger partial charge in [0.15, 0.2) is 0 Å². The number of likely N-dealkylation sites (N-methyl/N-ethyl adjacent to an activating group) is 1. The van der Waals surface area contributed by atoms with Gasteiger partial charge in [-0.25, -0.2) is 0 Å². The van der Waals surface area contributed by atoms with E-state index in [2.05, 4.69) is 30.1 Å². The van der Waals surface area contributed by atoms with E-state index in [-0.39, 0.29) is 37.1 Å². The van der Waals surface area contributed by atoms with Crippen molar-refractivity contribution in [2.75, 3.05) is 31.1 Å². The molecule has 1 N–H and O–H groups in total. The molecule has 0 spiro atoms. The number of hydrogen-bond donors (Lipinski definition) is 1. The van der Waals surface area contributed by atoms with Crippen LogP contribution < -0.4 is 10.2 Å². The van der Waals surface area contributed by atoms with Crippen molar-refractivity contribution in [3.8, 4) is 6.07 Å². The van der Waals surface area contributed by atoms with Crippen LogP contribution in [0.4, 0.5) is 5.69 Å². The van der Waals surface area contributed by atoms with Crippen molar-refractivity contribution < 1.29 is 9.59 Å². The Kier molecular flexibility index (Phi) is 10.7. The number of nitrogens with zero attached hydrogens (tertiary/aromatic N) is 3. The number of benzene rings is 2. The van der Waals surface area contributed by atoms with Gasteiger partial charge in [0.25, 0.3) is 0 Å². The Morgan fingerprint density at radius 1 is 1.03 bits per heavy atom. The number of nitrogens with one attached hydrogen (secondary N) is 1. The zero-order valence-corrected chi connectivity index (χ0v) is 19.5. The van der Waals surface area contributed by atoms with Crippen molar-refractivity contribution in [3.63, 3.8) is 0 Å². The number of halogens is 1. The second-order valence-corrected chi connectivity index (χ2v) is 7.76. The summed E-state index contributed by atoms with van der Waals surface area (Å²) in [5.41, 5.74) is 1.70. The summed E-state index contributed by atoms with van der Waals surface area (Å²) < 4.78 is 0. The van der Waals surface area contributed by atoms with Crippen molar-refractivity contribution in [1.82, 2.24) is 10.2 Å². The van der Waals surface area contributed by atoms with Gasteiger partial charge in [-0.1, -0.05) is 61.8 Å². The normalized spacial score (nSPS) is 11.6. The topological polar surface area (TPSA) is 76.4 Å². The predicted octanol–water partition coefficient (Wildman–Crippen LogP) is 4.57. The maximum Gasteiger partial charge on any atom is 0.227 e. The first-order valence-electron chi connectivity index (χ1n) is 11.0. The molecule has 0 aliphatic heterocycles. The van der Waals surface area contributed by atoms with Crippen molar-refractivity contribution in [2.45, 2.75) is 39.2 Å². The van der Waals surface area contributed by atoms with Crippen molar-refractivity contribution >= 4 is 29.1 Å². The Labute approximate surface area is 195 Å². The van der Waals surface area contributed by atoms with Crippen LogP contribution in [0.2, 0.25) is 5.02 Å². The number of hydrogen-bond acceptors (Lipinski definition) is 4. The van der Waals surface area contributed by atoms with Gasteiger partial charge in [-0.2, -0.15) is 5.26 Å². The molecule has 7 heteroatoms. The van der Waals surface area contributed by atoms with Crippen LogP contribution in [-0.2, 0) is 9.59 Å². The van der Waals surface area contributed by atoms with E-state index in [4.69, 9.17) is 16.9 Å². The highest BCUT2D eigenvalue weighted by molar-refractivity contribution is 6.31. The lowest BCUT2D eigenvalue weighted by Gasteiger charge is -2.31. The minimum atomic E-state index is -0.184. The fraction of sp³-hybridized carbons (Fsp3) is 0.400. The summed E-state index contributed by atoms with van der Waals surface area (Å²) in [6.07, 6.45) is 0.395. The van der Waals surface area contributed by atoms with Crippen LogP contribution in [0.15, 0.2) is 54.6 Å². The van der Waals surface area contributed by atoms with Crippen LogP contribution in [0.25, 0.3) is 0 Å². The van der Waals surface area contributed by atoms with Crippen LogP contribution in [-0.4, -0.2) is 42.9 Å². The third kappa shape index (κ3) is 7.37. The first-order chi connectivity index (χ1) is 15.5. The van der Waals surface area contributed by atoms with Crippen LogP contribution in [0.3, 0.4) is 0 Å². The smallest absolute Gasteiger partial charge is 0.227 e. The number of carbonyl (C=O) groups excluding carboxylic acids is 2. The Morgan fingerprint density at radius 2 is 1.69 bits per heavy atom. The molecule has 170 valence electrons. The number of anilines is 1. The molecule has 0 radical (unpaired) electrons. The van der Waals surface area contributed by atoms with Gasteiger partial charge >= 0.3 is 0 Å². The average molecular weight is 455 g/mol. The molecule has 6 nitrogen and oxygen atoms in total. The van der Waals surface area contributed by atoms with E-state index in [1.165, 1.54) is 0 Å². The highest BCUT2D eigenvalue weighted by Gasteiger charge is 2.22. The SMILES string of the molecule is CCN(CC)C(CNC(=O)CCC(=O)N(CCC#N)c1ccccc1)c1ccccc1Cl. The molecular weight excluding hydrogens is 424 g/mol. The Hall–Kier alpha value is -2.88. The molecule has 0 saturated carbocycles. The Balaban J connectivity index is 1.98. The van der Waals surface area contributed by atoms with Crippen molar-refractivity contribution in [1.29, 1.82) is 5.26 Å². The maximum atomic E-state index is 12.8. The first kappa shape index (κ1) is 25.4. The van der Waals surface area contributed by atoms with E-state index >= 15 is 0 Å². The van der Waals surface area contributed by atoms with Gasteiger partial charge in [-0.15, -0.1) is 0 Å². The Bertz CT molecular complexity index is 910. The molecular formula is C25H31ClN4O2. The van der Waals surface area contributed by atoms with Gasteiger partial charge in [0.1, 0.15) is 0 Å². The third-order valence-electron chi connectivity index (χ3n) is 5.39. The molecule has 1 atom stereocenters. The molecule has 2 aromatic rings. The molecule has 0 saturated heterocycles. The number of rotatable bonds is 12. The predicted molar refractivity (Wildman–Crippen MR) is 128 cm³/mol. The number of para-hydroxylation sites is 1. The molecule has 1 unspecified atom stereocenters. The fourth-order valence-electron chi connectivity index (χ4n) is 3.67. The Morgan fingerprint density at radius 3 is 2.31 bits per heavy atom. The molecule has 0 aromatic heterocycles. The van der Waals surface area contributed by atoms with E-state index in [9.17, 15) is 9.59 Å². The van der Waals surface area contributed by atoms with Gasteiger partial charge in [-0.05, 0) is 36.9 Å². The lowest BCUT2D eigenvalue weighted by molar-refractivity contribution is -0.125. The summed E-state index contributed by atoms with van der Waals surface area (Å²) in [4.78, 5) is 29.1. The fourth-order valence-corrected chi connectivity index (χ4v) is 3.93. The quantitative estimate of drug-likeness (QED) is 0.509. The summed E-state index contributed by atoms with van der Waals surface area (Å²) in [6, 6.07) is 18.9. The molecule has 2 aromatic carbocycles. The monoisotopic (exact) mass is 454 g/mol. The van der Waals surface area contributed by atoms with Gasteiger partial charge in [0.05, 0.1) is 18.5 Å². The second-order valence-electron chi connectivity index (χ2n) is 7.35. The molecule has 2 amide bonds. The highest BCUT2D eigenvalue weighted by atomic mass is 35.5. The molecule has 32 heavy (non-hydrogen) atoms. The zero-order valence-electron chi connectivity index (χ0n) is 18.8. The van der Waals surface area contributed by atoms with Gasteiger partial charge < -0.3 is 10.2 Å². The lowest BCUT2D eigenvalue weighted by atomic mass is 10.0. The second kappa shape index (κ2) is 13.5. The van der Waals surface area contributed by atoms with E-state index in [1.807, 2.05) is 54.6 Å². The lowest BCUT2D eigenvalue weighted by Crippen LogP contribution is -2.39. The largest absolute Gasteiger partial charge is 0.354 e. The van der Waals surface area contributed by atoms with Crippen LogP contribution in [0.5, 0.6) is 0 Å². The average Bonchev–Trinajstić information content (AvgIpc) is 2.82. The first-order valence-corrected chi connectivity index (χ1v) is 11.4. The summed E-state index contributed by atoms with van der Waals surface area (Å²) in [5, 5.41) is 12.6. The van der Waals surface area contributed by atoms with E-state index in [0.29, 0.717) is 18.1 Å². The molecule has 0 fully saturated rings. The van der Waals surface area contributed by atoms with E-state index < -0.39 is 0 Å². The molecule has 0 bridgehead atoms. The highest BCUT2D eigenvalue weighted by Crippen LogP contribution is 2.27. The van der Waals surface area contributed by atoms with E-state index in [0.717, 1.165) is 24.3 Å². The molecule has 0 heterocycles. The number of amides is 2. The number of carbonyl (C=O) groups is 2. The summed E-state index contributed by atoms with van der Waals surface area (Å²) >= 11 is 6.42. The van der Waals surface area contributed by atoms with Crippen molar-refractivity contribution in [3.05, 3.63) is 65.2 Å². The van der Waals surface area contributed by atoms with Crippen molar-refractivity contribution in [2.24, 2.45) is 0 Å².